The Morgan fingerprint density at radius 3 is 2.65 bits per heavy atom. The van der Waals surface area contributed by atoms with Crippen LogP contribution < -0.4 is 5.32 Å². The fourth-order valence-corrected chi connectivity index (χ4v) is 3.52. The summed E-state index contributed by atoms with van der Waals surface area (Å²) < 4.78 is 0. The molecule has 0 bridgehead atoms. The van der Waals surface area contributed by atoms with Crippen molar-refractivity contribution in [2.45, 2.75) is 38.3 Å². The van der Waals surface area contributed by atoms with Crippen LogP contribution in [0.5, 0.6) is 0 Å². The molecule has 1 N–H and O–H groups in total. The van der Waals surface area contributed by atoms with Crippen molar-refractivity contribution in [2.24, 2.45) is 0 Å². The zero-order chi connectivity index (χ0) is 13.8. The predicted molar refractivity (Wildman–Crippen MR) is 85.2 cm³/mol. The maximum absolute atomic E-state index is 3.55. The first kappa shape index (κ1) is 13.9. The molecule has 0 spiro atoms. The van der Waals surface area contributed by atoms with Crippen LogP contribution in [0.3, 0.4) is 0 Å². The molecule has 110 valence electrons. The van der Waals surface area contributed by atoms with Crippen molar-refractivity contribution in [3.8, 4) is 0 Å². The van der Waals surface area contributed by atoms with E-state index in [9.17, 15) is 0 Å². The highest BCUT2D eigenvalue weighted by molar-refractivity contribution is 5.42. The zero-order valence-corrected chi connectivity index (χ0v) is 12.6. The van der Waals surface area contributed by atoms with E-state index < -0.39 is 0 Å². The molecular formula is C17H27N3. The fourth-order valence-electron chi connectivity index (χ4n) is 3.52. The number of hydrogen-bond acceptors (Lipinski definition) is 3. The van der Waals surface area contributed by atoms with Gasteiger partial charge in [-0.25, -0.2) is 0 Å². The van der Waals surface area contributed by atoms with Gasteiger partial charge in [0.1, 0.15) is 0 Å². The van der Waals surface area contributed by atoms with Crippen molar-refractivity contribution in [1.82, 2.24) is 9.80 Å². The summed E-state index contributed by atoms with van der Waals surface area (Å²) in [6.45, 7) is 8.57. The highest BCUT2D eigenvalue weighted by Gasteiger charge is 2.31. The molecule has 1 aromatic rings. The Morgan fingerprint density at radius 2 is 1.90 bits per heavy atom. The minimum Gasteiger partial charge on any atom is -0.383 e. The van der Waals surface area contributed by atoms with Crippen LogP contribution in [-0.2, 0) is 0 Å². The lowest BCUT2D eigenvalue weighted by molar-refractivity contribution is 0.211. The lowest BCUT2D eigenvalue weighted by Crippen LogP contribution is -2.40. The molecular weight excluding hydrogens is 246 g/mol. The number of rotatable bonds is 5. The maximum atomic E-state index is 3.55. The van der Waals surface area contributed by atoms with Crippen LogP contribution in [0.15, 0.2) is 30.3 Å². The molecule has 2 unspecified atom stereocenters. The van der Waals surface area contributed by atoms with E-state index in [2.05, 4.69) is 52.4 Å². The van der Waals surface area contributed by atoms with Gasteiger partial charge in [-0.05, 0) is 51.4 Å². The molecule has 0 saturated carbocycles. The van der Waals surface area contributed by atoms with Crippen LogP contribution in [0, 0.1) is 0 Å². The minimum atomic E-state index is 0.614. The van der Waals surface area contributed by atoms with Crippen LogP contribution in [-0.4, -0.2) is 54.6 Å². The number of nitrogens with one attached hydrogen (secondary N) is 1. The first-order valence-corrected chi connectivity index (χ1v) is 8.10. The van der Waals surface area contributed by atoms with E-state index >= 15 is 0 Å². The van der Waals surface area contributed by atoms with Gasteiger partial charge in [-0.3, -0.25) is 9.80 Å². The summed E-state index contributed by atoms with van der Waals surface area (Å²) in [7, 11) is 0. The van der Waals surface area contributed by atoms with Crippen molar-refractivity contribution in [1.29, 1.82) is 0 Å². The molecule has 2 saturated heterocycles. The number of hydrogen-bond donors (Lipinski definition) is 1. The van der Waals surface area contributed by atoms with Crippen molar-refractivity contribution in [2.75, 3.05) is 38.0 Å². The summed E-state index contributed by atoms with van der Waals surface area (Å²) in [5.41, 5.74) is 1.23. The quantitative estimate of drug-likeness (QED) is 0.890. The largest absolute Gasteiger partial charge is 0.383 e. The molecule has 20 heavy (non-hydrogen) atoms. The molecule has 2 fully saturated rings. The summed E-state index contributed by atoms with van der Waals surface area (Å²) in [6, 6.07) is 12.0. The average Bonchev–Trinajstić information content (AvgIpc) is 3.16. The number of likely N-dealkylation sites (tertiary alicyclic amines) is 2. The molecule has 0 aromatic heterocycles. The SMILES string of the molecule is CC(CNc1ccccc1)N1CCC(N2CCCC2)C1. The summed E-state index contributed by atoms with van der Waals surface area (Å²) >= 11 is 0. The van der Waals surface area contributed by atoms with Gasteiger partial charge >= 0.3 is 0 Å². The first-order valence-electron chi connectivity index (χ1n) is 8.10. The van der Waals surface area contributed by atoms with Gasteiger partial charge in [0.25, 0.3) is 0 Å². The molecule has 0 aliphatic carbocycles. The van der Waals surface area contributed by atoms with Gasteiger partial charge in [0.15, 0.2) is 0 Å². The van der Waals surface area contributed by atoms with E-state index in [1.54, 1.807) is 0 Å². The van der Waals surface area contributed by atoms with Gasteiger partial charge in [-0.2, -0.15) is 0 Å². The highest BCUT2D eigenvalue weighted by atomic mass is 15.3. The standard InChI is InChI=1S/C17H27N3/c1-15(13-18-16-7-3-2-4-8-16)20-12-9-17(14-20)19-10-5-6-11-19/h2-4,7-8,15,17-18H,5-6,9-14H2,1H3. The first-order chi connectivity index (χ1) is 9.83. The van der Waals surface area contributed by atoms with Gasteiger partial charge in [0.05, 0.1) is 0 Å². The summed E-state index contributed by atoms with van der Waals surface area (Å²) in [5, 5.41) is 3.55. The smallest absolute Gasteiger partial charge is 0.0340 e. The van der Waals surface area contributed by atoms with E-state index in [0.717, 1.165) is 12.6 Å². The van der Waals surface area contributed by atoms with Crippen molar-refractivity contribution in [3.63, 3.8) is 0 Å². The van der Waals surface area contributed by atoms with Crippen LogP contribution in [0.2, 0.25) is 0 Å². The third-order valence-electron chi connectivity index (χ3n) is 4.85. The molecule has 2 aliphatic heterocycles. The van der Waals surface area contributed by atoms with E-state index in [1.165, 1.54) is 51.1 Å². The molecule has 2 atom stereocenters. The Labute approximate surface area is 123 Å². The number of anilines is 1. The number of para-hydroxylation sites is 1. The number of nitrogens with zero attached hydrogens (tertiary/aromatic N) is 2. The Balaban J connectivity index is 1.45. The summed E-state index contributed by atoms with van der Waals surface area (Å²) in [6.07, 6.45) is 4.17. The van der Waals surface area contributed by atoms with Crippen molar-refractivity contribution < 1.29 is 0 Å². The average molecular weight is 273 g/mol. The Bertz CT molecular complexity index is 400. The van der Waals surface area contributed by atoms with Crippen LogP contribution in [0.1, 0.15) is 26.2 Å². The van der Waals surface area contributed by atoms with Crippen molar-refractivity contribution >= 4 is 5.69 Å². The fraction of sp³-hybridized carbons (Fsp3) is 0.647. The monoisotopic (exact) mass is 273 g/mol. The molecule has 1 aromatic carbocycles. The molecule has 0 radical (unpaired) electrons. The van der Waals surface area contributed by atoms with Gasteiger partial charge < -0.3 is 5.32 Å². The summed E-state index contributed by atoms with van der Waals surface area (Å²) in [4.78, 5) is 5.36. The summed E-state index contributed by atoms with van der Waals surface area (Å²) in [5.74, 6) is 0. The molecule has 3 heteroatoms. The van der Waals surface area contributed by atoms with Gasteiger partial charge in [0.2, 0.25) is 0 Å². The predicted octanol–water partition coefficient (Wildman–Crippen LogP) is 2.66. The van der Waals surface area contributed by atoms with Gasteiger partial charge in [0, 0.05) is 37.4 Å². The van der Waals surface area contributed by atoms with Crippen LogP contribution in [0.25, 0.3) is 0 Å². The van der Waals surface area contributed by atoms with Gasteiger partial charge in [-0.15, -0.1) is 0 Å². The number of benzene rings is 1. The topological polar surface area (TPSA) is 18.5 Å². The third kappa shape index (κ3) is 3.33. The second-order valence-corrected chi connectivity index (χ2v) is 6.28. The second kappa shape index (κ2) is 6.59. The highest BCUT2D eigenvalue weighted by Crippen LogP contribution is 2.22. The normalized spacial score (nSPS) is 25.9. The maximum Gasteiger partial charge on any atom is 0.0340 e. The lowest BCUT2D eigenvalue weighted by Gasteiger charge is -2.27. The zero-order valence-electron chi connectivity index (χ0n) is 12.6. The molecule has 3 rings (SSSR count). The minimum absolute atomic E-state index is 0.614. The Morgan fingerprint density at radius 1 is 1.15 bits per heavy atom. The Hall–Kier alpha value is -1.06. The van der Waals surface area contributed by atoms with E-state index in [-0.39, 0.29) is 0 Å². The molecule has 2 heterocycles. The third-order valence-corrected chi connectivity index (χ3v) is 4.85. The molecule has 3 nitrogen and oxygen atoms in total. The molecule has 0 amide bonds. The van der Waals surface area contributed by atoms with Crippen LogP contribution >= 0.6 is 0 Å². The van der Waals surface area contributed by atoms with E-state index in [1.807, 2.05) is 0 Å². The van der Waals surface area contributed by atoms with Crippen molar-refractivity contribution in [3.05, 3.63) is 30.3 Å². The van der Waals surface area contributed by atoms with E-state index in [0.29, 0.717) is 6.04 Å². The van der Waals surface area contributed by atoms with Crippen LogP contribution in [0.4, 0.5) is 5.69 Å². The van der Waals surface area contributed by atoms with Gasteiger partial charge in [-0.1, -0.05) is 18.2 Å². The van der Waals surface area contributed by atoms with E-state index in [4.69, 9.17) is 0 Å². The second-order valence-electron chi connectivity index (χ2n) is 6.28. The lowest BCUT2D eigenvalue weighted by atomic mass is 10.2. The molecule has 2 aliphatic rings. The Kier molecular flexibility index (Phi) is 4.58.